The van der Waals surface area contributed by atoms with E-state index in [2.05, 4.69) is 47.2 Å². The smallest absolute Gasteiger partial charge is 0.107 e. The van der Waals surface area contributed by atoms with E-state index in [0.29, 0.717) is 5.56 Å². The molecule has 0 aliphatic heterocycles. The Labute approximate surface area is 117 Å². The molecular weight excluding hydrogens is 246 g/mol. The van der Waals surface area contributed by atoms with Crippen molar-refractivity contribution < 1.29 is 0 Å². The van der Waals surface area contributed by atoms with Gasteiger partial charge in [0.05, 0.1) is 22.7 Å². The van der Waals surface area contributed by atoms with E-state index in [-0.39, 0.29) is 0 Å². The summed E-state index contributed by atoms with van der Waals surface area (Å²) in [4.78, 5) is 7.87. The first kappa shape index (κ1) is 12.4. The second-order valence-corrected chi connectivity index (χ2v) is 4.95. The fourth-order valence-electron chi connectivity index (χ4n) is 2.39. The number of rotatable bonds is 3. The predicted molar refractivity (Wildman–Crippen MR) is 79.4 cm³/mol. The summed E-state index contributed by atoms with van der Waals surface area (Å²) in [6.07, 6.45) is 1.85. The van der Waals surface area contributed by atoms with E-state index >= 15 is 0 Å². The number of aromatic amines is 1. The molecule has 0 bridgehead atoms. The summed E-state index contributed by atoms with van der Waals surface area (Å²) >= 11 is 0. The Kier molecular flexibility index (Phi) is 3.22. The number of benzene rings is 2. The number of H-pyrrole nitrogens is 1. The van der Waals surface area contributed by atoms with Crippen LogP contribution in [0.3, 0.4) is 0 Å². The molecule has 3 heteroatoms. The Morgan fingerprint density at radius 2 is 2.00 bits per heavy atom. The number of nitrogens with zero attached hydrogens (tertiary/aromatic N) is 2. The molecular formula is C17H15N3. The molecule has 0 saturated carbocycles. The number of nitriles is 1. The minimum atomic E-state index is 0.659. The van der Waals surface area contributed by atoms with Gasteiger partial charge in [-0.25, -0.2) is 4.98 Å². The molecule has 0 saturated heterocycles. The van der Waals surface area contributed by atoms with Gasteiger partial charge < -0.3 is 4.98 Å². The van der Waals surface area contributed by atoms with E-state index in [0.717, 1.165) is 29.7 Å². The Morgan fingerprint density at radius 3 is 2.80 bits per heavy atom. The van der Waals surface area contributed by atoms with Crippen molar-refractivity contribution >= 4 is 11.0 Å². The zero-order chi connectivity index (χ0) is 13.9. The molecule has 3 nitrogen and oxygen atoms in total. The number of aromatic nitrogens is 2. The van der Waals surface area contributed by atoms with Crippen molar-refractivity contribution in [2.45, 2.75) is 19.8 Å². The normalized spacial score (nSPS) is 10.6. The van der Waals surface area contributed by atoms with E-state index in [1.807, 2.05) is 12.1 Å². The molecule has 20 heavy (non-hydrogen) atoms. The van der Waals surface area contributed by atoms with Gasteiger partial charge in [-0.05, 0) is 42.7 Å². The summed E-state index contributed by atoms with van der Waals surface area (Å²) in [5.41, 5.74) is 5.18. The molecule has 0 radical (unpaired) electrons. The van der Waals surface area contributed by atoms with E-state index < -0.39 is 0 Å². The van der Waals surface area contributed by atoms with E-state index in [9.17, 15) is 0 Å². The van der Waals surface area contributed by atoms with Gasteiger partial charge in [0.1, 0.15) is 5.82 Å². The molecule has 1 heterocycles. The highest BCUT2D eigenvalue weighted by Gasteiger charge is 2.05. The van der Waals surface area contributed by atoms with Crippen LogP contribution in [0, 0.1) is 18.3 Å². The lowest BCUT2D eigenvalue weighted by Gasteiger charge is -2.03. The maximum absolute atomic E-state index is 8.90. The fraction of sp³-hybridized carbons (Fsp3) is 0.176. The van der Waals surface area contributed by atoms with Crippen LogP contribution in [-0.2, 0) is 12.8 Å². The van der Waals surface area contributed by atoms with Gasteiger partial charge in [-0.2, -0.15) is 5.26 Å². The number of hydrogen-bond donors (Lipinski definition) is 1. The quantitative estimate of drug-likeness (QED) is 0.784. The van der Waals surface area contributed by atoms with Crippen molar-refractivity contribution in [3.8, 4) is 6.07 Å². The minimum Gasteiger partial charge on any atom is -0.342 e. The summed E-state index contributed by atoms with van der Waals surface area (Å²) in [5.74, 6) is 0.971. The number of hydrogen-bond acceptors (Lipinski definition) is 2. The van der Waals surface area contributed by atoms with Crippen molar-refractivity contribution in [3.05, 3.63) is 65.0 Å². The summed E-state index contributed by atoms with van der Waals surface area (Å²) < 4.78 is 0. The van der Waals surface area contributed by atoms with Gasteiger partial charge in [0.15, 0.2) is 0 Å². The van der Waals surface area contributed by atoms with Crippen LogP contribution in [0.2, 0.25) is 0 Å². The van der Waals surface area contributed by atoms with Gasteiger partial charge >= 0.3 is 0 Å². The van der Waals surface area contributed by atoms with Crippen molar-refractivity contribution in [3.63, 3.8) is 0 Å². The second kappa shape index (κ2) is 5.18. The zero-order valence-electron chi connectivity index (χ0n) is 11.4. The lowest BCUT2D eigenvalue weighted by atomic mass is 10.0. The van der Waals surface area contributed by atoms with Gasteiger partial charge in [-0.3, -0.25) is 0 Å². The highest BCUT2D eigenvalue weighted by Crippen LogP contribution is 2.15. The molecule has 1 aromatic heterocycles. The van der Waals surface area contributed by atoms with Crippen LogP contribution in [0.4, 0.5) is 0 Å². The Balaban J connectivity index is 1.82. The van der Waals surface area contributed by atoms with Crippen LogP contribution in [0.15, 0.2) is 42.5 Å². The van der Waals surface area contributed by atoms with Gasteiger partial charge in [0.25, 0.3) is 0 Å². The third kappa shape index (κ3) is 2.41. The standard InChI is InChI=1S/C17H15N3/c1-12-4-2-3-5-14(12)7-9-17-19-15-8-6-13(11-18)10-16(15)20-17/h2-6,8,10H,7,9H2,1H3,(H,19,20). The molecule has 0 aliphatic rings. The largest absolute Gasteiger partial charge is 0.342 e. The Morgan fingerprint density at radius 1 is 1.15 bits per heavy atom. The SMILES string of the molecule is Cc1ccccc1CCc1nc2ccc(C#N)cc2[nH]1. The summed E-state index contributed by atoms with van der Waals surface area (Å²) in [7, 11) is 0. The van der Waals surface area contributed by atoms with E-state index in [1.54, 1.807) is 6.07 Å². The second-order valence-electron chi connectivity index (χ2n) is 4.95. The average Bonchev–Trinajstić information content (AvgIpc) is 2.88. The topological polar surface area (TPSA) is 52.5 Å². The maximum Gasteiger partial charge on any atom is 0.107 e. The molecule has 0 aliphatic carbocycles. The number of aryl methyl sites for hydroxylation is 3. The number of fused-ring (bicyclic) bond motifs is 1. The van der Waals surface area contributed by atoms with Crippen molar-refractivity contribution in [1.82, 2.24) is 9.97 Å². The molecule has 0 fully saturated rings. The Bertz CT molecular complexity index is 793. The molecule has 0 amide bonds. The molecule has 0 unspecified atom stereocenters. The third-order valence-electron chi connectivity index (χ3n) is 3.55. The number of nitrogens with one attached hydrogen (secondary N) is 1. The predicted octanol–water partition coefficient (Wildman–Crippen LogP) is 3.53. The lowest BCUT2D eigenvalue weighted by Crippen LogP contribution is -1.95. The zero-order valence-corrected chi connectivity index (χ0v) is 11.4. The average molecular weight is 261 g/mol. The van der Waals surface area contributed by atoms with E-state index in [1.165, 1.54) is 11.1 Å². The first-order valence-corrected chi connectivity index (χ1v) is 6.69. The first-order valence-electron chi connectivity index (χ1n) is 6.69. The van der Waals surface area contributed by atoms with Crippen LogP contribution in [-0.4, -0.2) is 9.97 Å². The highest BCUT2D eigenvalue weighted by molar-refractivity contribution is 5.76. The van der Waals surface area contributed by atoms with E-state index in [4.69, 9.17) is 5.26 Å². The van der Waals surface area contributed by atoms with Gasteiger partial charge in [-0.1, -0.05) is 24.3 Å². The summed E-state index contributed by atoms with van der Waals surface area (Å²) in [6, 6.07) is 16.1. The molecule has 98 valence electrons. The molecule has 2 aromatic carbocycles. The first-order chi connectivity index (χ1) is 9.76. The molecule has 3 aromatic rings. The summed E-state index contributed by atoms with van der Waals surface area (Å²) in [5, 5.41) is 8.90. The minimum absolute atomic E-state index is 0.659. The van der Waals surface area contributed by atoms with Crippen LogP contribution in [0.25, 0.3) is 11.0 Å². The maximum atomic E-state index is 8.90. The van der Waals surface area contributed by atoms with Crippen molar-refractivity contribution in [2.24, 2.45) is 0 Å². The monoisotopic (exact) mass is 261 g/mol. The van der Waals surface area contributed by atoms with Crippen LogP contribution < -0.4 is 0 Å². The van der Waals surface area contributed by atoms with Gasteiger partial charge in [0, 0.05) is 6.42 Å². The van der Waals surface area contributed by atoms with Crippen LogP contribution in [0.1, 0.15) is 22.5 Å². The fourth-order valence-corrected chi connectivity index (χ4v) is 2.39. The van der Waals surface area contributed by atoms with Gasteiger partial charge in [0.2, 0.25) is 0 Å². The molecule has 0 spiro atoms. The number of imidazole rings is 1. The molecule has 3 rings (SSSR count). The Hall–Kier alpha value is -2.60. The molecule has 0 atom stereocenters. The van der Waals surface area contributed by atoms with Crippen LogP contribution >= 0.6 is 0 Å². The lowest BCUT2D eigenvalue weighted by molar-refractivity contribution is 0.884. The molecule has 1 N–H and O–H groups in total. The van der Waals surface area contributed by atoms with Crippen LogP contribution in [0.5, 0.6) is 0 Å². The van der Waals surface area contributed by atoms with Crippen molar-refractivity contribution in [1.29, 1.82) is 5.26 Å². The van der Waals surface area contributed by atoms with Gasteiger partial charge in [-0.15, -0.1) is 0 Å². The summed E-state index contributed by atoms with van der Waals surface area (Å²) in [6.45, 7) is 2.13. The third-order valence-corrected chi connectivity index (χ3v) is 3.55. The van der Waals surface area contributed by atoms with Crippen molar-refractivity contribution in [2.75, 3.05) is 0 Å². The highest BCUT2D eigenvalue weighted by atomic mass is 14.9.